The number of benzene rings is 2. The molecule has 0 radical (unpaired) electrons. The van der Waals surface area contributed by atoms with Crippen molar-refractivity contribution in [3.63, 3.8) is 0 Å². The molecule has 2 aliphatic rings. The van der Waals surface area contributed by atoms with Gasteiger partial charge in [0.15, 0.2) is 17.0 Å². The second-order valence-electron chi connectivity index (χ2n) is 7.63. The lowest BCUT2D eigenvalue weighted by Crippen LogP contribution is -2.54. The van der Waals surface area contributed by atoms with E-state index in [2.05, 4.69) is 16.6 Å². The Hall–Kier alpha value is -3.57. The molecular formula is C23H23N3O5. The third kappa shape index (κ3) is 3.18. The largest absolute Gasteiger partial charge is 0.490 e. The molecule has 2 aliphatic heterocycles. The van der Waals surface area contributed by atoms with Crippen molar-refractivity contribution < 1.29 is 19.2 Å². The topological polar surface area (TPSA) is 103 Å². The number of hydrogen-bond donors (Lipinski definition) is 2. The maximum Gasteiger partial charge on any atom is 0.256 e. The fraction of sp³-hybridized carbons (Fsp3) is 0.348. The molecule has 4 atom stereocenters. The van der Waals surface area contributed by atoms with Crippen molar-refractivity contribution >= 4 is 11.6 Å². The Labute approximate surface area is 180 Å². The van der Waals surface area contributed by atoms with Gasteiger partial charge in [-0.3, -0.25) is 20.2 Å². The standard InChI is InChI=1S/C23H23N3O5/c1-4-12-31-18-11-10-15(13-19(18)30-5-2)20-14(3)25-23(21(20)26(28)29)16-8-6-7-9-17(16)24-22(23)27/h1,6-11,13-14,20-21,25H,5,12H2,2-3H3,(H,24,27)/t14-,20-,21-,23-/m0/s1. The maximum atomic E-state index is 13.1. The van der Waals surface area contributed by atoms with Gasteiger partial charge in [-0.25, -0.2) is 0 Å². The van der Waals surface area contributed by atoms with E-state index in [1.54, 1.807) is 42.5 Å². The first-order chi connectivity index (χ1) is 14.9. The number of amides is 1. The van der Waals surface area contributed by atoms with Gasteiger partial charge >= 0.3 is 0 Å². The van der Waals surface area contributed by atoms with E-state index in [1.807, 2.05) is 13.8 Å². The van der Waals surface area contributed by atoms with Crippen LogP contribution in [0.4, 0.5) is 5.69 Å². The molecule has 1 saturated heterocycles. The molecule has 0 unspecified atom stereocenters. The lowest BCUT2D eigenvalue weighted by molar-refractivity contribution is -0.532. The first-order valence-electron chi connectivity index (χ1n) is 10.1. The zero-order chi connectivity index (χ0) is 22.2. The summed E-state index contributed by atoms with van der Waals surface area (Å²) in [5.41, 5.74) is 0.421. The van der Waals surface area contributed by atoms with Gasteiger partial charge in [0.05, 0.1) is 12.5 Å². The number of carbonyl (C=O) groups is 1. The van der Waals surface area contributed by atoms with Gasteiger partial charge in [0.2, 0.25) is 0 Å². The minimum absolute atomic E-state index is 0.0817. The number of para-hydroxylation sites is 1. The van der Waals surface area contributed by atoms with Crippen molar-refractivity contribution in [2.45, 2.75) is 37.4 Å². The smallest absolute Gasteiger partial charge is 0.256 e. The summed E-state index contributed by atoms with van der Waals surface area (Å²) in [6.07, 6.45) is 5.28. The lowest BCUT2D eigenvalue weighted by Gasteiger charge is -2.25. The molecule has 0 aromatic heterocycles. The molecule has 0 saturated carbocycles. The highest BCUT2D eigenvalue weighted by Gasteiger charge is 2.67. The van der Waals surface area contributed by atoms with E-state index < -0.39 is 23.4 Å². The quantitative estimate of drug-likeness (QED) is 0.422. The van der Waals surface area contributed by atoms with Gasteiger partial charge in [-0.15, -0.1) is 6.42 Å². The summed E-state index contributed by atoms with van der Waals surface area (Å²) < 4.78 is 11.2. The van der Waals surface area contributed by atoms with Crippen LogP contribution in [0.1, 0.15) is 30.9 Å². The monoisotopic (exact) mass is 421 g/mol. The van der Waals surface area contributed by atoms with Crippen molar-refractivity contribution in [3.05, 3.63) is 63.7 Å². The van der Waals surface area contributed by atoms with Crippen LogP contribution in [0.3, 0.4) is 0 Å². The van der Waals surface area contributed by atoms with Gasteiger partial charge < -0.3 is 14.8 Å². The summed E-state index contributed by atoms with van der Waals surface area (Å²) in [7, 11) is 0. The van der Waals surface area contributed by atoms with Gasteiger partial charge in [-0.1, -0.05) is 30.2 Å². The van der Waals surface area contributed by atoms with E-state index in [4.69, 9.17) is 15.9 Å². The number of carbonyl (C=O) groups excluding carboxylic acids is 1. The fourth-order valence-corrected chi connectivity index (χ4v) is 4.79. The Bertz CT molecular complexity index is 1080. The molecule has 2 heterocycles. The first kappa shape index (κ1) is 20.7. The highest BCUT2D eigenvalue weighted by atomic mass is 16.6. The maximum absolute atomic E-state index is 13.1. The van der Waals surface area contributed by atoms with Gasteiger partial charge in [0.25, 0.3) is 11.9 Å². The first-order valence-corrected chi connectivity index (χ1v) is 10.1. The van der Waals surface area contributed by atoms with Gasteiger partial charge in [0.1, 0.15) is 6.61 Å². The SMILES string of the molecule is C#CCOc1ccc([C@@H]2[C@H](C)N[C@]3(C(=O)Nc4ccccc43)[C@H]2[N+](=O)[O-])cc1OCC. The van der Waals surface area contributed by atoms with E-state index in [9.17, 15) is 14.9 Å². The average Bonchev–Trinajstić information content (AvgIpc) is 3.21. The second kappa shape index (κ2) is 7.93. The fourth-order valence-electron chi connectivity index (χ4n) is 4.79. The zero-order valence-electron chi connectivity index (χ0n) is 17.3. The van der Waals surface area contributed by atoms with Crippen molar-refractivity contribution in [1.82, 2.24) is 5.32 Å². The summed E-state index contributed by atoms with van der Waals surface area (Å²) in [4.78, 5) is 25.1. The molecule has 8 heteroatoms. The zero-order valence-corrected chi connectivity index (χ0v) is 17.3. The minimum Gasteiger partial charge on any atom is -0.490 e. The summed E-state index contributed by atoms with van der Waals surface area (Å²) in [5, 5.41) is 18.4. The van der Waals surface area contributed by atoms with E-state index in [-0.39, 0.29) is 17.6 Å². The number of nitrogens with one attached hydrogen (secondary N) is 2. The molecular weight excluding hydrogens is 398 g/mol. The Kier molecular flexibility index (Phi) is 5.29. The number of terminal acetylenes is 1. The molecule has 2 aromatic carbocycles. The van der Waals surface area contributed by atoms with Gasteiger partial charge in [-0.2, -0.15) is 0 Å². The molecule has 0 bridgehead atoms. The van der Waals surface area contributed by atoms with Crippen LogP contribution in [0.5, 0.6) is 11.5 Å². The lowest BCUT2D eigenvalue weighted by atomic mass is 9.78. The number of nitrogens with zero attached hydrogens (tertiary/aromatic N) is 1. The molecule has 1 fully saturated rings. The summed E-state index contributed by atoms with van der Waals surface area (Å²) in [6, 6.07) is 10.7. The number of anilines is 1. The number of fused-ring (bicyclic) bond motifs is 2. The van der Waals surface area contributed by atoms with Crippen molar-refractivity contribution in [1.29, 1.82) is 0 Å². The molecule has 8 nitrogen and oxygen atoms in total. The van der Waals surface area contributed by atoms with Crippen molar-refractivity contribution in [2.24, 2.45) is 0 Å². The molecule has 2 aromatic rings. The van der Waals surface area contributed by atoms with Crippen LogP contribution in [0, 0.1) is 22.5 Å². The minimum atomic E-state index is -1.45. The summed E-state index contributed by atoms with van der Waals surface area (Å²) in [5.74, 6) is 2.35. The molecule has 31 heavy (non-hydrogen) atoms. The highest BCUT2D eigenvalue weighted by molar-refractivity contribution is 6.07. The third-order valence-corrected chi connectivity index (χ3v) is 5.93. The van der Waals surface area contributed by atoms with Crippen LogP contribution < -0.4 is 20.1 Å². The van der Waals surface area contributed by atoms with E-state index in [1.165, 1.54) is 0 Å². The van der Waals surface area contributed by atoms with Crippen LogP contribution in [-0.2, 0) is 10.3 Å². The number of rotatable bonds is 6. The van der Waals surface area contributed by atoms with Crippen LogP contribution in [0.25, 0.3) is 0 Å². The summed E-state index contributed by atoms with van der Waals surface area (Å²) in [6.45, 7) is 4.17. The van der Waals surface area contributed by atoms with Crippen LogP contribution in [0.2, 0.25) is 0 Å². The molecule has 0 aliphatic carbocycles. The molecule has 4 rings (SSSR count). The van der Waals surface area contributed by atoms with Gasteiger partial charge in [0, 0.05) is 22.2 Å². The van der Waals surface area contributed by atoms with Crippen molar-refractivity contribution in [3.8, 4) is 23.8 Å². The molecule has 2 N–H and O–H groups in total. The number of ether oxygens (including phenoxy) is 2. The van der Waals surface area contributed by atoms with Crippen LogP contribution in [0.15, 0.2) is 42.5 Å². The van der Waals surface area contributed by atoms with E-state index in [0.29, 0.717) is 34.9 Å². The molecule has 160 valence electrons. The second-order valence-corrected chi connectivity index (χ2v) is 7.63. The predicted molar refractivity (Wildman–Crippen MR) is 115 cm³/mol. The predicted octanol–water partition coefficient (Wildman–Crippen LogP) is 2.67. The molecule has 1 spiro atoms. The molecule has 1 amide bonds. The Balaban J connectivity index is 1.81. The van der Waals surface area contributed by atoms with E-state index >= 15 is 0 Å². The Morgan fingerprint density at radius 1 is 1.23 bits per heavy atom. The number of nitro groups is 1. The highest BCUT2D eigenvalue weighted by Crippen LogP contribution is 2.50. The van der Waals surface area contributed by atoms with Gasteiger partial charge in [-0.05, 0) is 37.6 Å². The summed E-state index contributed by atoms with van der Waals surface area (Å²) >= 11 is 0. The van der Waals surface area contributed by atoms with Crippen molar-refractivity contribution in [2.75, 3.05) is 18.5 Å². The van der Waals surface area contributed by atoms with Crippen LogP contribution >= 0.6 is 0 Å². The Morgan fingerprint density at radius 2 is 2.00 bits per heavy atom. The average molecular weight is 421 g/mol. The third-order valence-electron chi connectivity index (χ3n) is 5.93. The van der Waals surface area contributed by atoms with Crippen LogP contribution in [-0.4, -0.2) is 36.1 Å². The normalized spacial score (nSPS) is 26.2. The van der Waals surface area contributed by atoms with E-state index in [0.717, 1.165) is 0 Å². The number of hydrogen-bond acceptors (Lipinski definition) is 6. The Morgan fingerprint density at radius 3 is 2.71 bits per heavy atom.